The molecular weight excluding hydrogens is 406 g/mol. The van der Waals surface area contributed by atoms with Crippen LogP contribution in [0.1, 0.15) is 26.1 Å². The number of rotatable bonds is 8. The number of amides is 1. The largest absolute Gasteiger partial charge is 0.497 e. The lowest BCUT2D eigenvalue weighted by molar-refractivity contribution is -0.138. The first-order chi connectivity index (χ1) is 14.4. The number of aromatic amines is 1. The summed E-state index contributed by atoms with van der Waals surface area (Å²) in [6.07, 6.45) is 0.0523. The molecule has 0 saturated heterocycles. The van der Waals surface area contributed by atoms with Gasteiger partial charge in [-0.2, -0.15) is 0 Å². The number of aromatic nitrogens is 2. The Bertz CT molecular complexity index is 1080. The van der Waals surface area contributed by atoms with Gasteiger partial charge in [0.05, 0.1) is 24.6 Å². The third kappa shape index (κ3) is 5.10. The average Bonchev–Trinajstić information content (AvgIpc) is 2.73. The number of carbonyl (C=O) groups is 1. The Morgan fingerprint density at radius 3 is 2.57 bits per heavy atom. The van der Waals surface area contributed by atoms with Crippen molar-refractivity contribution >= 4 is 28.4 Å². The molecule has 1 aromatic heterocycles. The van der Waals surface area contributed by atoms with Crippen molar-refractivity contribution in [2.24, 2.45) is 0 Å². The molecule has 1 atom stereocenters. The second-order valence-electron chi connectivity index (χ2n) is 6.87. The van der Waals surface area contributed by atoms with Crippen molar-refractivity contribution in [1.82, 2.24) is 14.9 Å². The van der Waals surface area contributed by atoms with Crippen LogP contribution < -0.4 is 15.0 Å². The maximum absolute atomic E-state index is 13.0. The Labute approximate surface area is 179 Å². The van der Waals surface area contributed by atoms with E-state index >= 15 is 0 Å². The maximum atomic E-state index is 13.0. The van der Waals surface area contributed by atoms with Crippen molar-refractivity contribution in [1.29, 1.82) is 0 Å². The molecule has 1 heterocycles. The molecule has 2 aromatic carbocycles. The van der Waals surface area contributed by atoms with E-state index in [0.29, 0.717) is 39.8 Å². The molecule has 158 valence electrons. The van der Waals surface area contributed by atoms with Crippen LogP contribution in [0.2, 0.25) is 5.02 Å². The van der Waals surface area contributed by atoms with Crippen LogP contribution in [0.4, 0.5) is 0 Å². The first kappa shape index (κ1) is 21.6. The molecule has 3 aromatic rings. The highest BCUT2D eigenvalue weighted by Crippen LogP contribution is 2.19. The van der Waals surface area contributed by atoms with Gasteiger partial charge in [0.25, 0.3) is 11.5 Å². The van der Waals surface area contributed by atoms with E-state index in [1.807, 2.05) is 6.92 Å². The highest BCUT2D eigenvalue weighted by Gasteiger charge is 2.23. The van der Waals surface area contributed by atoms with Crippen LogP contribution in [0.15, 0.2) is 47.3 Å². The summed E-state index contributed by atoms with van der Waals surface area (Å²) in [6, 6.07) is 11.9. The Kier molecular flexibility index (Phi) is 6.95. The van der Waals surface area contributed by atoms with Gasteiger partial charge in [-0.3, -0.25) is 9.59 Å². The van der Waals surface area contributed by atoms with Crippen molar-refractivity contribution < 1.29 is 14.3 Å². The van der Waals surface area contributed by atoms with E-state index in [9.17, 15) is 9.59 Å². The van der Waals surface area contributed by atoms with E-state index in [1.54, 1.807) is 61.4 Å². The summed E-state index contributed by atoms with van der Waals surface area (Å²) in [5.41, 5.74) is 0.228. The highest BCUT2D eigenvalue weighted by atomic mass is 35.5. The van der Waals surface area contributed by atoms with Crippen LogP contribution in [-0.2, 0) is 11.3 Å². The maximum Gasteiger partial charge on any atom is 0.263 e. The summed E-state index contributed by atoms with van der Waals surface area (Å²) in [7, 11) is 1.59. The van der Waals surface area contributed by atoms with Crippen LogP contribution >= 0.6 is 11.6 Å². The molecule has 0 saturated carbocycles. The molecule has 1 amide bonds. The van der Waals surface area contributed by atoms with Crippen molar-refractivity contribution in [2.45, 2.75) is 32.9 Å². The van der Waals surface area contributed by atoms with Gasteiger partial charge in [-0.25, -0.2) is 4.98 Å². The van der Waals surface area contributed by atoms with Crippen LogP contribution in [-0.4, -0.2) is 40.5 Å². The molecule has 1 unspecified atom stereocenters. The number of hydrogen-bond acceptors (Lipinski definition) is 5. The van der Waals surface area contributed by atoms with Gasteiger partial charge in [-0.1, -0.05) is 18.5 Å². The molecule has 8 heteroatoms. The highest BCUT2D eigenvalue weighted by molar-refractivity contribution is 6.31. The second-order valence-corrected chi connectivity index (χ2v) is 7.31. The predicted octanol–water partition coefficient (Wildman–Crippen LogP) is 3.79. The second kappa shape index (κ2) is 9.63. The minimum atomic E-state index is -0.702. The van der Waals surface area contributed by atoms with Gasteiger partial charge in [-0.05, 0) is 55.8 Å². The molecule has 0 fully saturated rings. The van der Waals surface area contributed by atoms with E-state index in [0.717, 1.165) is 6.42 Å². The molecule has 0 aliphatic carbocycles. The number of ether oxygens (including phenoxy) is 2. The number of carbonyl (C=O) groups excluding carboxylic acids is 1. The lowest BCUT2D eigenvalue weighted by Crippen LogP contribution is -2.41. The van der Waals surface area contributed by atoms with Gasteiger partial charge < -0.3 is 19.4 Å². The SMILES string of the molecule is CCCN(Cc1nc2cc(Cl)ccc2c(=O)[nH]1)C(=O)C(C)Oc1ccc(OC)cc1. The first-order valence-electron chi connectivity index (χ1n) is 9.69. The van der Waals surface area contributed by atoms with Crippen molar-refractivity contribution in [3.05, 3.63) is 63.7 Å². The fourth-order valence-corrected chi connectivity index (χ4v) is 3.29. The van der Waals surface area contributed by atoms with Crippen LogP contribution in [0.5, 0.6) is 11.5 Å². The summed E-state index contributed by atoms with van der Waals surface area (Å²) >= 11 is 6.03. The Balaban J connectivity index is 1.78. The number of H-pyrrole nitrogens is 1. The Hall–Kier alpha value is -3.06. The lowest BCUT2D eigenvalue weighted by atomic mass is 10.2. The minimum Gasteiger partial charge on any atom is -0.497 e. The number of methoxy groups -OCH3 is 1. The third-order valence-corrected chi connectivity index (χ3v) is 4.82. The Morgan fingerprint density at radius 1 is 1.20 bits per heavy atom. The molecule has 0 spiro atoms. The van der Waals surface area contributed by atoms with Gasteiger partial charge in [0, 0.05) is 11.6 Å². The van der Waals surface area contributed by atoms with Gasteiger partial charge in [0.2, 0.25) is 0 Å². The summed E-state index contributed by atoms with van der Waals surface area (Å²) in [6.45, 7) is 4.35. The number of nitrogens with zero attached hydrogens (tertiary/aromatic N) is 2. The van der Waals surface area contributed by atoms with Gasteiger partial charge >= 0.3 is 0 Å². The van der Waals surface area contributed by atoms with Crippen molar-refractivity contribution in [2.75, 3.05) is 13.7 Å². The minimum absolute atomic E-state index is 0.167. The number of nitrogens with one attached hydrogen (secondary N) is 1. The third-order valence-electron chi connectivity index (χ3n) is 4.58. The van der Waals surface area contributed by atoms with Crippen LogP contribution in [0, 0.1) is 0 Å². The summed E-state index contributed by atoms with van der Waals surface area (Å²) in [5, 5.41) is 0.947. The topological polar surface area (TPSA) is 84.5 Å². The van der Waals surface area contributed by atoms with E-state index < -0.39 is 6.10 Å². The van der Waals surface area contributed by atoms with E-state index in [2.05, 4.69) is 9.97 Å². The molecule has 0 radical (unpaired) electrons. The zero-order valence-corrected chi connectivity index (χ0v) is 17.9. The van der Waals surface area contributed by atoms with Crippen molar-refractivity contribution in [3.8, 4) is 11.5 Å². The fourth-order valence-electron chi connectivity index (χ4n) is 3.12. The van der Waals surface area contributed by atoms with Crippen LogP contribution in [0.3, 0.4) is 0 Å². The number of fused-ring (bicyclic) bond motifs is 1. The summed E-state index contributed by atoms with van der Waals surface area (Å²) in [5.74, 6) is 1.48. The average molecular weight is 430 g/mol. The number of benzene rings is 2. The molecular formula is C22H24ClN3O4. The van der Waals surface area contributed by atoms with E-state index in [-0.39, 0.29) is 18.0 Å². The number of halogens is 1. The van der Waals surface area contributed by atoms with Crippen LogP contribution in [0.25, 0.3) is 10.9 Å². The van der Waals surface area contributed by atoms with E-state index in [4.69, 9.17) is 21.1 Å². The summed E-state index contributed by atoms with van der Waals surface area (Å²) < 4.78 is 10.9. The van der Waals surface area contributed by atoms with Gasteiger partial charge in [0.15, 0.2) is 6.10 Å². The Morgan fingerprint density at radius 2 is 1.90 bits per heavy atom. The normalized spacial score (nSPS) is 11.9. The van der Waals surface area contributed by atoms with Crippen molar-refractivity contribution in [3.63, 3.8) is 0 Å². The molecule has 0 aliphatic rings. The molecule has 30 heavy (non-hydrogen) atoms. The molecule has 3 rings (SSSR count). The predicted molar refractivity (Wildman–Crippen MR) is 116 cm³/mol. The molecule has 7 nitrogen and oxygen atoms in total. The molecule has 1 N–H and O–H groups in total. The standard InChI is InChI=1S/C22H24ClN3O4/c1-4-11-26(22(28)14(2)30-17-8-6-16(29-3)7-9-17)13-20-24-19-12-15(23)5-10-18(19)21(27)25-20/h5-10,12,14H,4,11,13H2,1-3H3,(H,24,25,27). The molecule has 0 aliphatic heterocycles. The monoisotopic (exact) mass is 429 g/mol. The smallest absolute Gasteiger partial charge is 0.263 e. The van der Waals surface area contributed by atoms with E-state index in [1.165, 1.54) is 0 Å². The quantitative estimate of drug-likeness (QED) is 0.588. The summed E-state index contributed by atoms with van der Waals surface area (Å²) in [4.78, 5) is 34.2. The first-order valence-corrected chi connectivity index (χ1v) is 10.1. The zero-order valence-electron chi connectivity index (χ0n) is 17.1. The zero-order chi connectivity index (χ0) is 21.7. The molecule has 0 bridgehead atoms. The van der Waals surface area contributed by atoms with Gasteiger partial charge in [-0.15, -0.1) is 0 Å². The number of hydrogen-bond donors (Lipinski definition) is 1. The fraction of sp³-hybridized carbons (Fsp3) is 0.318. The van der Waals surface area contributed by atoms with Gasteiger partial charge in [0.1, 0.15) is 17.3 Å². The lowest BCUT2D eigenvalue weighted by Gasteiger charge is -2.25.